The van der Waals surface area contributed by atoms with Crippen LogP contribution in [0.1, 0.15) is 23.2 Å². The van der Waals surface area contributed by atoms with Gasteiger partial charge < -0.3 is 15.5 Å². The Morgan fingerprint density at radius 3 is 2.47 bits per heavy atom. The van der Waals surface area contributed by atoms with E-state index in [1.807, 2.05) is 19.2 Å². The van der Waals surface area contributed by atoms with Crippen molar-refractivity contribution in [3.05, 3.63) is 23.8 Å². The van der Waals surface area contributed by atoms with Gasteiger partial charge in [0.05, 0.1) is 11.4 Å². The van der Waals surface area contributed by atoms with Gasteiger partial charge in [0.2, 0.25) is 0 Å². The van der Waals surface area contributed by atoms with Gasteiger partial charge in [-0.2, -0.15) is 0 Å². The zero-order valence-electron chi connectivity index (χ0n) is 10.6. The molecule has 17 heavy (non-hydrogen) atoms. The number of amides is 1. The second-order valence-electron chi connectivity index (χ2n) is 4.82. The van der Waals surface area contributed by atoms with Crippen molar-refractivity contribution in [1.29, 1.82) is 0 Å². The molecule has 0 radical (unpaired) electrons. The van der Waals surface area contributed by atoms with Gasteiger partial charge in [-0.3, -0.25) is 4.79 Å². The summed E-state index contributed by atoms with van der Waals surface area (Å²) in [5.74, 6) is 0.00967. The molecule has 4 heteroatoms. The zero-order chi connectivity index (χ0) is 12.6. The zero-order valence-corrected chi connectivity index (χ0v) is 10.6. The van der Waals surface area contributed by atoms with Crippen LogP contribution in [0, 0.1) is 0 Å². The van der Waals surface area contributed by atoms with Crippen molar-refractivity contribution in [1.82, 2.24) is 4.90 Å². The van der Waals surface area contributed by atoms with Crippen LogP contribution in [0.2, 0.25) is 0 Å². The molecule has 0 aliphatic heterocycles. The fourth-order valence-electron chi connectivity index (χ4n) is 1.90. The SMILES string of the molecule is CN(C)C(=O)c1ccc(N)c(N(C)C2CC2)c1. The molecule has 92 valence electrons. The average Bonchev–Trinajstić information content (AvgIpc) is 3.11. The van der Waals surface area contributed by atoms with Crippen LogP contribution in [0.5, 0.6) is 0 Å². The van der Waals surface area contributed by atoms with E-state index in [1.165, 1.54) is 12.8 Å². The van der Waals surface area contributed by atoms with Gasteiger partial charge in [-0.05, 0) is 31.0 Å². The number of anilines is 2. The molecule has 2 N–H and O–H groups in total. The number of nitrogens with zero attached hydrogens (tertiary/aromatic N) is 2. The molecule has 0 saturated heterocycles. The molecular weight excluding hydrogens is 214 g/mol. The Labute approximate surface area is 102 Å². The maximum absolute atomic E-state index is 11.9. The highest BCUT2D eigenvalue weighted by molar-refractivity contribution is 5.96. The van der Waals surface area contributed by atoms with Gasteiger partial charge in [0.1, 0.15) is 0 Å². The molecule has 4 nitrogen and oxygen atoms in total. The molecule has 0 atom stereocenters. The third-order valence-electron chi connectivity index (χ3n) is 3.16. The van der Waals surface area contributed by atoms with E-state index in [0.29, 0.717) is 11.6 Å². The van der Waals surface area contributed by atoms with Crippen LogP contribution in [0.4, 0.5) is 11.4 Å². The standard InChI is InChI=1S/C13H19N3O/c1-15(2)13(17)9-4-7-11(14)12(8-9)16(3)10-5-6-10/h4,7-8,10H,5-6,14H2,1-3H3. The lowest BCUT2D eigenvalue weighted by Crippen LogP contribution is -2.24. The minimum atomic E-state index is 0.00967. The summed E-state index contributed by atoms with van der Waals surface area (Å²) in [4.78, 5) is 15.6. The second-order valence-corrected chi connectivity index (χ2v) is 4.82. The molecule has 1 saturated carbocycles. The van der Waals surface area contributed by atoms with Crippen LogP contribution in [0.3, 0.4) is 0 Å². The van der Waals surface area contributed by atoms with Gasteiger partial charge in [0, 0.05) is 32.7 Å². The van der Waals surface area contributed by atoms with Crippen molar-refractivity contribution < 1.29 is 4.79 Å². The Kier molecular flexibility index (Phi) is 2.96. The molecule has 0 unspecified atom stereocenters. The van der Waals surface area contributed by atoms with Crippen LogP contribution in [0.25, 0.3) is 0 Å². The molecule has 0 aromatic heterocycles. The van der Waals surface area contributed by atoms with E-state index in [9.17, 15) is 4.79 Å². The normalized spacial score (nSPS) is 14.5. The first-order valence-corrected chi connectivity index (χ1v) is 5.84. The summed E-state index contributed by atoms with van der Waals surface area (Å²) in [6.07, 6.45) is 2.42. The number of rotatable bonds is 3. The smallest absolute Gasteiger partial charge is 0.253 e. The number of benzene rings is 1. The lowest BCUT2D eigenvalue weighted by Gasteiger charge is -2.22. The summed E-state index contributed by atoms with van der Waals surface area (Å²) < 4.78 is 0. The summed E-state index contributed by atoms with van der Waals surface area (Å²) in [6, 6.07) is 6.06. The molecule has 1 amide bonds. The van der Waals surface area contributed by atoms with E-state index in [-0.39, 0.29) is 5.91 Å². The summed E-state index contributed by atoms with van der Waals surface area (Å²) in [5.41, 5.74) is 8.34. The number of carbonyl (C=O) groups is 1. The van der Waals surface area contributed by atoms with Crippen molar-refractivity contribution in [3.63, 3.8) is 0 Å². The van der Waals surface area contributed by atoms with Crippen LogP contribution >= 0.6 is 0 Å². The number of carbonyl (C=O) groups excluding carboxylic acids is 1. The highest BCUT2D eigenvalue weighted by Gasteiger charge is 2.27. The van der Waals surface area contributed by atoms with Crippen molar-refractivity contribution in [2.45, 2.75) is 18.9 Å². The van der Waals surface area contributed by atoms with Crippen molar-refractivity contribution in [2.75, 3.05) is 31.8 Å². The van der Waals surface area contributed by atoms with E-state index >= 15 is 0 Å². The largest absolute Gasteiger partial charge is 0.397 e. The van der Waals surface area contributed by atoms with Crippen LogP contribution in [-0.4, -0.2) is 38.0 Å². The Bertz CT molecular complexity index is 438. The number of hydrogen-bond donors (Lipinski definition) is 1. The molecule has 1 aliphatic rings. The quantitative estimate of drug-likeness (QED) is 0.806. The lowest BCUT2D eigenvalue weighted by molar-refractivity contribution is 0.0827. The Morgan fingerprint density at radius 1 is 1.29 bits per heavy atom. The highest BCUT2D eigenvalue weighted by atomic mass is 16.2. The van der Waals surface area contributed by atoms with Crippen molar-refractivity contribution in [3.8, 4) is 0 Å². The predicted octanol–water partition coefficient (Wildman–Crippen LogP) is 1.57. The van der Waals surface area contributed by atoms with E-state index in [1.54, 1.807) is 25.1 Å². The number of nitrogen functional groups attached to an aromatic ring is 1. The monoisotopic (exact) mass is 233 g/mol. The molecule has 0 bridgehead atoms. The first-order valence-electron chi connectivity index (χ1n) is 5.84. The molecule has 2 rings (SSSR count). The van der Waals surface area contributed by atoms with Gasteiger partial charge in [0.25, 0.3) is 5.91 Å². The summed E-state index contributed by atoms with van der Waals surface area (Å²) >= 11 is 0. The van der Waals surface area contributed by atoms with Gasteiger partial charge in [-0.1, -0.05) is 0 Å². The van der Waals surface area contributed by atoms with Crippen LogP contribution in [0.15, 0.2) is 18.2 Å². The van der Waals surface area contributed by atoms with Crippen LogP contribution < -0.4 is 10.6 Å². The molecule has 0 spiro atoms. The Balaban J connectivity index is 2.31. The Morgan fingerprint density at radius 2 is 1.94 bits per heavy atom. The number of hydrogen-bond acceptors (Lipinski definition) is 3. The molecular formula is C13H19N3O. The average molecular weight is 233 g/mol. The topological polar surface area (TPSA) is 49.6 Å². The molecule has 1 aromatic carbocycles. The fraction of sp³-hybridized carbons (Fsp3) is 0.462. The molecule has 1 aliphatic carbocycles. The molecule has 1 aromatic rings. The lowest BCUT2D eigenvalue weighted by atomic mass is 10.1. The van der Waals surface area contributed by atoms with E-state index < -0.39 is 0 Å². The van der Waals surface area contributed by atoms with Crippen LogP contribution in [-0.2, 0) is 0 Å². The van der Waals surface area contributed by atoms with Crippen molar-refractivity contribution in [2.24, 2.45) is 0 Å². The third kappa shape index (κ3) is 2.35. The highest BCUT2D eigenvalue weighted by Crippen LogP contribution is 2.33. The van der Waals surface area contributed by atoms with Gasteiger partial charge in [-0.15, -0.1) is 0 Å². The minimum Gasteiger partial charge on any atom is -0.397 e. The van der Waals surface area contributed by atoms with Gasteiger partial charge in [0.15, 0.2) is 0 Å². The molecule has 0 heterocycles. The second kappa shape index (κ2) is 4.28. The summed E-state index contributed by atoms with van der Waals surface area (Å²) in [5, 5.41) is 0. The van der Waals surface area contributed by atoms with Gasteiger partial charge in [-0.25, -0.2) is 0 Å². The van der Waals surface area contributed by atoms with Gasteiger partial charge >= 0.3 is 0 Å². The van der Waals surface area contributed by atoms with E-state index in [4.69, 9.17) is 5.73 Å². The Hall–Kier alpha value is -1.71. The first-order chi connectivity index (χ1) is 8.00. The molecule has 1 fully saturated rings. The van der Waals surface area contributed by atoms with E-state index in [0.717, 1.165) is 11.4 Å². The summed E-state index contributed by atoms with van der Waals surface area (Å²) in [7, 11) is 5.54. The first kappa shape index (κ1) is 11.8. The fourth-order valence-corrected chi connectivity index (χ4v) is 1.90. The minimum absolute atomic E-state index is 0.00967. The third-order valence-corrected chi connectivity index (χ3v) is 3.16. The maximum Gasteiger partial charge on any atom is 0.253 e. The predicted molar refractivity (Wildman–Crippen MR) is 70.3 cm³/mol. The maximum atomic E-state index is 11.9. The number of nitrogens with two attached hydrogens (primary N) is 1. The van der Waals surface area contributed by atoms with E-state index in [2.05, 4.69) is 4.90 Å². The van der Waals surface area contributed by atoms with Crippen molar-refractivity contribution >= 4 is 17.3 Å². The summed E-state index contributed by atoms with van der Waals surface area (Å²) in [6.45, 7) is 0.